The fourth-order valence-electron chi connectivity index (χ4n) is 2.99. The molecule has 1 heterocycles. The van der Waals surface area contributed by atoms with Crippen LogP contribution in [0.25, 0.3) is 10.9 Å². The first-order chi connectivity index (χ1) is 8.63. The third-order valence-electron chi connectivity index (χ3n) is 4.33. The van der Waals surface area contributed by atoms with Gasteiger partial charge in [0.2, 0.25) is 0 Å². The number of nitrogens with zero attached hydrogens (tertiary/aromatic N) is 1. The SMILES string of the molecule is COc1ccc(C)c2c(C3(CN)CC3)cn(C)c12. The minimum Gasteiger partial charge on any atom is -0.495 e. The zero-order valence-corrected chi connectivity index (χ0v) is 11.3. The van der Waals surface area contributed by atoms with Crippen LogP contribution in [0.3, 0.4) is 0 Å². The van der Waals surface area contributed by atoms with E-state index in [0.29, 0.717) is 0 Å². The van der Waals surface area contributed by atoms with Gasteiger partial charge in [-0.3, -0.25) is 0 Å². The Bertz CT molecular complexity index is 608. The number of hydrogen-bond donors (Lipinski definition) is 1. The Morgan fingerprint density at radius 1 is 1.39 bits per heavy atom. The van der Waals surface area contributed by atoms with Crippen molar-refractivity contribution in [3.05, 3.63) is 29.5 Å². The molecule has 1 aliphatic carbocycles. The summed E-state index contributed by atoms with van der Waals surface area (Å²) in [5, 5.41) is 1.33. The highest BCUT2D eigenvalue weighted by molar-refractivity contribution is 5.93. The number of nitrogens with two attached hydrogens (primary N) is 1. The summed E-state index contributed by atoms with van der Waals surface area (Å²) < 4.78 is 7.66. The summed E-state index contributed by atoms with van der Waals surface area (Å²) >= 11 is 0. The lowest BCUT2D eigenvalue weighted by Crippen LogP contribution is -2.19. The van der Waals surface area contributed by atoms with E-state index in [1.165, 1.54) is 34.9 Å². The number of fused-ring (bicyclic) bond motifs is 1. The van der Waals surface area contributed by atoms with Gasteiger partial charge in [-0.2, -0.15) is 0 Å². The molecule has 0 atom stereocenters. The Morgan fingerprint density at radius 3 is 2.67 bits per heavy atom. The molecule has 1 saturated carbocycles. The quantitative estimate of drug-likeness (QED) is 0.901. The Hall–Kier alpha value is -1.48. The standard InChI is InChI=1S/C15H20N2O/c1-10-4-5-12(18-3)14-13(10)11(8-17(14)2)15(9-16)6-7-15/h4-5,8H,6-7,9,16H2,1-3H3. The second-order valence-electron chi connectivity index (χ2n) is 5.45. The molecule has 3 nitrogen and oxygen atoms in total. The normalized spacial score (nSPS) is 17.1. The van der Waals surface area contributed by atoms with Gasteiger partial charge in [0.1, 0.15) is 5.75 Å². The van der Waals surface area contributed by atoms with Crippen molar-refractivity contribution in [3.8, 4) is 5.75 Å². The lowest BCUT2D eigenvalue weighted by atomic mass is 9.93. The molecule has 0 spiro atoms. The molecule has 2 aromatic rings. The molecule has 1 aromatic carbocycles. The molecule has 1 fully saturated rings. The fourth-order valence-corrected chi connectivity index (χ4v) is 2.99. The van der Waals surface area contributed by atoms with Crippen LogP contribution in [0.2, 0.25) is 0 Å². The van der Waals surface area contributed by atoms with E-state index in [-0.39, 0.29) is 5.41 Å². The minimum absolute atomic E-state index is 0.219. The molecule has 3 heteroatoms. The van der Waals surface area contributed by atoms with Crippen LogP contribution in [0.5, 0.6) is 5.75 Å². The Kier molecular flexibility index (Phi) is 2.42. The van der Waals surface area contributed by atoms with Crippen LogP contribution in [0.1, 0.15) is 24.0 Å². The third kappa shape index (κ3) is 1.40. The molecule has 96 valence electrons. The van der Waals surface area contributed by atoms with E-state index >= 15 is 0 Å². The van der Waals surface area contributed by atoms with E-state index in [4.69, 9.17) is 10.5 Å². The minimum atomic E-state index is 0.219. The predicted molar refractivity (Wildman–Crippen MR) is 74.2 cm³/mol. The molecule has 1 aliphatic rings. The van der Waals surface area contributed by atoms with Gasteiger partial charge >= 0.3 is 0 Å². The predicted octanol–water partition coefficient (Wildman–Crippen LogP) is 2.49. The van der Waals surface area contributed by atoms with Gasteiger partial charge in [0.25, 0.3) is 0 Å². The van der Waals surface area contributed by atoms with Gasteiger partial charge in [-0.05, 0) is 37.0 Å². The summed E-state index contributed by atoms with van der Waals surface area (Å²) in [6, 6.07) is 4.18. The van der Waals surface area contributed by atoms with E-state index in [1.807, 2.05) is 6.07 Å². The summed E-state index contributed by atoms with van der Waals surface area (Å²) in [4.78, 5) is 0. The average molecular weight is 244 g/mol. The highest BCUT2D eigenvalue weighted by Gasteiger charge is 2.45. The topological polar surface area (TPSA) is 40.2 Å². The van der Waals surface area contributed by atoms with Crippen molar-refractivity contribution in [2.24, 2.45) is 12.8 Å². The number of ether oxygens (including phenoxy) is 1. The summed E-state index contributed by atoms with van der Waals surface area (Å²) in [5.74, 6) is 0.942. The van der Waals surface area contributed by atoms with E-state index in [0.717, 1.165) is 12.3 Å². The van der Waals surface area contributed by atoms with Crippen LogP contribution < -0.4 is 10.5 Å². The first kappa shape index (κ1) is 11.6. The molecule has 0 radical (unpaired) electrons. The van der Waals surface area contributed by atoms with Crippen LogP contribution in [0.4, 0.5) is 0 Å². The number of aromatic nitrogens is 1. The maximum Gasteiger partial charge on any atom is 0.143 e. The molecule has 0 unspecified atom stereocenters. The van der Waals surface area contributed by atoms with Crippen molar-refractivity contribution in [2.75, 3.05) is 13.7 Å². The van der Waals surface area contributed by atoms with Gasteiger partial charge in [0.15, 0.2) is 0 Å². The molecule has 0 amide bonds. The van der Waals surface area contributed by atoms with Crippen LogP contribution in [-0.4, -0.2) is 18.2 Å². The smallest absolute Gasteiger partial charge is 0.143 e. The highest BCUT2D eigenvalue weighted by Crippen LogP contribution is 2.51. The van der Waals surface area contributed by atoms with Gasteiger partial charge in [-0.15, -0.1) is 0 Å². The summed E-state index contributed by atoms with van der Waals surface area (Å²) in [6.45, 7) is 2.90. The largest absolute Gasteiger partial charge is 0.495 e. The van der Waals surface area contributed by atoms with Gasteiger partial charge in [0, 0.05) is 30.6 Å². The van der Waals surface area contributed by atoms with Gasteiger partial charge < -0.3 is 15.0 Å². The molecular formula is C15H20N2O. The maximum atomic E-state index is 5.98. The van der Waals surface area contributed by atoms with Gasteiger partial charge in [-0.1, -0.05) is 6.07 Å². The van der Waals surface area contributed by atoms with Crippen LogP contribution in [0.15, 0.2) is 18.3 Å². The van der Waals surface area contributed by atoms with Gasteiger partial charge in [-0.25, -0.2) is 0 Å². The molecule has 3 rings (SSSR count). The van der Waals surface area contributed by atoms with E-state index in [1.54, 1.807) is 7.11 Å². The average Bonchev–Trinajstić information content (AvgIpc) is 3.10. The maximum absolute atomic E-state index is 5.98. The van der Waals surface area contributed by atoms with Crippen molar-refractivity contribution in [1.29, 1.82) is 0 Å². The lowest BCUT2D eigenvalue weighted by molar-refractivity contribution is 0.418. The Balaban J connectivity index is 2.35. The molecule has 0 aliphatic heterocycles. The van der Waals surface area contributed by atoms with Crippen molar-refractivity contribution in [3.63, 3.8) is 0 Å². The third-order valence-corrected chi connectivity index (χ3v) is 4.33. The fraction of sp³-hybridized carbons (Fsp3) is 0.467. The first-order valence-corrected chi connectivity index (χ1v) is 6.46. The second kappa shape index (κ2) is 3.75. The van der Waals surface area contributed by atoms with Crippen LogP contribution in [-0.2, 0) is 12.5 Å². The summed E-state index contributed by atoms with van der Waals surface area (Å²) in [7, 11) is 3.81. The summed E-state index contributed by atoms with van der Waals surface area (Å²) in [5.41, 5.74) is 10.1. The summed E-state index contributed by atoms with van der Waals surface area (Å²) in [6.07, 6.45) is 4.65. The first-order valence-electron chi connectivity index (χ1n) is 6.46. The van der Waals surface area contributed by atoms with Crippen molar-refractivity contribution >= 4 is 10.9 Å². The lowest BCUT2D eigenvalue weighted by Gasteiger charge is -2.13. The number of methoxy groups -OCH3 is 1. The van der Waals surface area contributed by atoms with Crippen LogP contribution in [0, 0.1) is 6.92 Å². The van der Waals surface area contributed by atoms with E-state index in [9.17, 15) is 0 Å². The van der Waals surface area contributed by atoms with Gasteiger partial charge in [0.05, 0.1) is 12.6 Å². The highest BCUT2D eigenvalue weighted by atomic mass is 16.5. The van der Waals surface area contributed by atoms with Crippen molar-refractivity contribution in [2.45, 2.75) is 25.2 Å². The number of rotatable bonds is 3. The zero-order valence-electron chi connectivity index (χ0n) is 11.3. The number of benzene rings is 1. The zero-order chi connectivity index (χ0) is 12.9. The molecule has 2 N–H and O–H groups in total. The molecule has 1 aromatic heterocycles. The number of aryl methyl sites for hydroxylation is 2. The molecule has 0 saturated heterocycles. The molecular weight excluding hydrogens is 224 g/mol. The second-order valence-corrected chi connectivity index (χ2v) is 5.45. The van der Waals surface area contributed by atoms with Crippen molar-refractivity contribution in [1.82, 2.24) is 4.57 Å². The Labute approximate surface area is 108 Å². The monoisotopic (exact) mass is 244 g/mol. The molecule has 18 heavy (non-hydrogen) atoms. The number of hydrogen-bond acceptors (Lipinski definition) is 2. The Morgan fingerprint density at radius 2 is 2.11 bits per heavy atom. The van der Waals surface area contributed by atoms with E-state index < -0.39 is 0 Å². The van der Waals surface area contributed by atoms with E-state index in [2.05, 4.69) is 30.8 Å². The van der Waals surface area contributed by atoms with Crippen molar-refractivity contribution < 1.29 is 4.74 Å². The molecule has 0 bridgehead atoms. The van der Waals surface area contributed by atoms with Crippen LogP contribution >= 0.6 is 0 Å².